The largest absolute Gasteiger partial charge is 0.481 e. The second-order valence-electron chi connectivity index (χ2n) is 8.66. The predicted octanol–water partition coefficient (Wildman–Crippen LogP) is 2.60. The van der Waals surface area contributed by atoms with Crippen LogP contribution in [0.2, 0.25) is 0 Å². The van der Waals surface area contributed by atoms with E-state index < -0.39 is 35.9 Å². The van der Waals surface area contributed by atoms with Crippen LogP contribution in [-0.4, -0.2) is 41.0 Å². The normalized spacial score (nSPS) is 48.4. The van der Waals surface area contributed by atoms with E-state index in [4.69, 9.17) is 29.1 Å². The molecule has 0 aromatic heterocycles. The zero-order valence-electron chi connectivity index (χ0n) is 16.0. The van der Waals surface area contributed by atoms with Crippen molar-refractivity contribution in [2.24, 2.45) is 23.7 Å². The van der Waals surface area contributed by atoms with E-state index in [0.29, 0.717) is 12.3 Å². The molecule has 2 bridgehead atoms. The van der Waals surface area contributed by atoms with Gasteiger partial charge in [-0.25, -0.2) is 9.78 Å². The van der Waals surface area contributed by atoms with Gasteiger partial charge < -0.3 is 19.3 Å². The fraction of sp³-hybridized carbons (Fsp3) is 0.895. The van der Waals surface area contributed by atoms with Crippen molar-refractivity contribution in [3.63, 3.8) is 0 Å². The zero-order chi connectivity index (χ0) is 19.4. The highest BCUT2D eigenvalue weighted by molar-refractivity contribution is 5.76. The fourth-order valence-corrected chi connectivity index (χ4v) is 5.40. The zero-order valence-corrected chi connectivity index (χ0v) is 16.0. The van der Waals surface area contributed by atoms with E-state index in [9.17, 15) is 9.59 Å². The molecule has 4 heterocycles. The molecular weight excluding hydrogens is 356 g/mol. The second-order valence-corrected chi connectivity index (χ2v) is 8.66. The number of esters is 1. The molecule has 8 heteroatoms. The molecular formula is C19H28O8. The van der Waals surface area contributed by atoms with Gasteiger partial charge in [-0.15, -0.1) is 0 Å². The Hall–Kier alpha value is -1.22. The molecule has 0 radical (unpaired) electrons. The van der Waals surface area contributed by atoms with Crippen LogP contribution in [0.15, 0.2) is 0 Å². The Labute approximate surface area is 158 Å². The SMILES string of the molecule is C[C@@H]1CCC2[C@@H](C)[C@H](OC(=O)CCC(=O)O)OC3OC4(C)CCC1[C@]32OO4. The number of carbonyl (C=O) groups excluding carboxylic acids is 1. The van der Waals surface area contributed by atoms with Gasteiger partial charge in [0, 0.05) is 18.3 Å². The minimum absolute atomic E-state index is 0.0670. The lowest BCUT2D eigenvalue weighted by atomic mass is 9.58. The van der Waals surface area contributed by atoms with Crippen molar-refractivity contribution in [3.05, 3.63) is 0 Å². The van der Waals surface area contributed by atoms with Gasteiger partial charge in [-0.3, -0.25) is 9.59 Å². The molecule has 0 amide bonds. The molecule has 0 aromatic rings. The standard InChI is InChI=1S/C19H28O8/c1-10-4-5-13-11(2)16(23-15(22)7-6-14(20)21)24-17-19(13)12(10)8-9-18(3,25-17)26-27-19/h10-13,16-17H,4-9H2,1-3H3,(H,20,21)/t10-,11-,12?,13?,16-,17?,18?,19-/m1/s1. The number of hydrogen-bond acceptors (Lipinski definition) is 7. The molecule has 8 atom stereocenters. The monoisotopic (exact) mass is 384 g/mol. The molecule has 4 saturated heterocycles. The molecule has 1 N–H and O–H groups in total. The van der Waals surface area contributed by atoms with E-state index in [1.165, 1.54) is 0 Å². The number of carboxylic acid groups (broad SMARTS) is 1. The molecule has 1 spiro atoms. The van der Waals surface area contributed by atoms with Crippen LogP contribution in [0.25, 0.3) is 0 Å². The van der Waals surface area contributed by atoms with E-state index in [0.717, 1.165) is 19.3 Å². The van der Waals surface area contributed by atoms with Crippen molar-refractivity contribution in [2.45, 2.75) is 83.3 Å². The molecule has 27 heavy (non-hydrogen) atoms. The van der Waals surface area contributed by atoms with E-state index in [1.807, 2.05) is 13.8 Å². The average Bonchev–Trinajstić information content (AvgIpc) is 2.84. The second kappa shape index (κ2) is 6.69. The van der Waals surface area contributed by atoms with Crippen LogP contribution in [0.4, 0.5) is 0 Å². The first-order valence-electron chi connectivity index (χ1n) is 9.86. The van der Waals surface area contributed by atoms with Crippen molar-refractivity contribution in [1.29, 1.82) is 0 Å². The maximum absolute atomic E-state index is 12.1. The molecule has 1 aliphatic carbocycles. The van der Waals surface area contributed by atoms with Crippen LogP contribution in [-0.2, 0) is 33.6 Å². The lowest BCUT2D eigenvalue weighted by molar-refractivity contribution is -0.576. The summed E-state index contributed by atoms with van der Waals surface area (Å²) in [4.78, 5) is 34.5. The van der Waals surface area contributed by atoms with E-state index in [2.05, 4.69) is 6.92 Å². The lowest BCUT2D eigenvalue weighted by Gasteiger charge is -2.59. The van der Waals surface area contributed by atoms with Gasteiger partial charge in [0.25, 0.3) is 0 Å². The Morgan fingerprint density at radius 3 is 2.63 bits per heavy atom. The third-order valence-corrected chi connectivity index (χ3v) is 6.89. The lowest BCUT2D eigenvalue weighted by Crippen LogP contribution is -2.70. The first-order chi connectivity index (χ1) is 12.7. The molecule has 4 unspecified atom stereocenters. The summed E-state index contributed by atoms with van der Waals surface area (Å²) in [6.07, 6.45) is 1.72. The summed E-state index contributed by atoms with van der Waals surface area (Å²) in [7, 11) is 0. The molecule has 8 nitrogen and oxygen atoms in total. The van der Waals surface area contributed by atoms with Crippen LogP contribution >= 0.6 is 0 Å². The highest BCUT2D eigenvalue weighted by Gasteiger charge is 2.69. The summed E-state index contributed by atoms with van der Waals surface area (Å²) in [5.74, 6) is -1.82. The van der Waals surface area contributed by atoms with E-state index in [1.54, 1.807) is 0 Å². The number of ether oxygens (including phenoxy) is 3. The Kier molecular flexibility index (Phi) is 4.73. The van der Waals surface area contributed by atoms with Crippen LogP contribution in [0.5, 0.6) is 0 Å². The number of carbonyl (C=O) groups is 2. The summed E-state index contributed by atoms with van der Waals surface area (Å²) in [6.45, 7) is 6.06. The van der Waals surface area contributed by atoms with Crippen molar-refractivity contribution in [3.8, 4) is 0 Å². The molecule has 1 saturated carbocycles. The highest BCUT2D eigenvalue weighted by atomic mass is 17.3. The topological polar surface area (TPSA) is 101 Å². The minimum Gasteiger partial charge on any atom is -0.481 e. The van der Waals surface area contributed by atoms with Gasteiger partial charge >= 0.3 is 11.9 Å². The Balaban J connectivity index is 1.58. The quantitative estimate of drug-likeness (QED) is 0.583. The third-order valence-electron chi connectivity index (χ3n) is 6.89. The summed E-state index contributed by atoms with van der Waals surface area (Å²) in [5, 5.41) is 8.76. The van der Waals surface area contributed by atoms with E-state index >= 15 is 0 Å². The molecule has 5 rings (SSSR count). The van der Waals surface area contributed by atoms with Crippen LogP contribution in [0.3, 0.4) is 0 Å². The smallest absolute Gasteiger partial charge is 0.308 e. The maximum Gasteiger partial charge on any atom is 0.308 e. The van der Waals surface area contributed by atoms with Gasteiger partial charge in [0.1, 0.15) is 0 Å². The van der Waals surface area contributed by atoms with Crippen molar-refractivity contribution >= 4 is 11.9 Å². The van der Waals surface area contributed by atoms with Gasteiger partial charge in [-0.05, 0) is 38.0 Å². The third kappa shape index (κ3) is 3.06. The van der Waals surface area contributed by atoms with Gasteiger partial charge in [-0.1, -0.05) is 13.8 Å². The Morgan fingerprint density at radius 1 is 1.11 bits per heavy atom. The number of carboxylic acids is 1. The number of aliphatic carboxylic acids is 1. The molecule has 152 valence electrons. The van der Waals surface area contributed by atoms with Crippen LogP contribution in [0.1, 0.15) is 59.3 Å². The number of hydrogen-bond donors (Lipinski definition) is 1. The summed E-state index contributed by atoms with van der Waals surface area (Å²) < 4.78 is 17.8. The minimum atomic E-state index is -1.03. The first-order valence-corrected chi connectivity index (χ1v) is 9.86. The van der Waals surface area contributed by atoms with Crippen LogP contribution < -0.4 is 0 Å². The summed E-state index contributed by atoms with van der Waals surface area (Å²) in [5.41, 5.74) is -0.697. The van der Waals surface area contributed by atoms with Gasteiger partial charge in [0.2, 0.25) is 12.1 Å². The fourth-order valence-electron chi connectivity index (χ4n) is 5.40. The number of fused-ring (bicyclic) bond motifs is 2. The number of rotatable bonds is 4. The molecule has 4 aliphatic heterocycles. The van der Waals surface area contributed by atoms with Crippen molar-refractivity contribution in [1.82, 2.24) is 0 Å². The molecule has 5 fully saturated rings. The Morgan fingerprint density at radius 2 is 1.89 bits per heavy atom. The molecule has 0 aromatic carbocycles. The Bertz CT molecular complexity index is 623. The maximum atomic E-state index is 12.1. The van der Waals surface area contributed by atoms with E-state index in [-0.39, 0.29) is 30.6 Å². The summed E-state index contributed by atoms with van der Waals surface area (Å²) in [6, 6.07) is 0. The van der Waals surface area contributed by atoms with Gasteiger partial charge in [-0.2, -0.15) is 0 Å². The van der Waals surface area contributed by atoms with Crippen molar-refractivity contribution in [2.75, 3.05) is 0 Å². The van der Waals surface area contributed by atoms with Gasteiger partial charge in [0.15, 0.2) is 11.9 Å². The van der Waals surface area contributed by atoms with Gasteiger partial charge in [0.05, 0.1) is 12.8 Å². The first kappa shape index (κ1) is 19.1. The highest BCUT2D eigenvalue weighted by Crippen LogP contribution is 2.60. The predicted molar refractivity (Wildman–Crippen MR) is 89.8 cm³/mol. The van der Waals surface area contributed by atoms with Crippen LogP contribution in [0, 0.1) is 23.7 Å². The molecule has 5 aliphatic rings. The van der Waals surface area contributed by atoms with Crippen molar-refractivity contribution < 1.29 is 38.7 Å². The average molecular weight is 384 g/mol. The summed E-state index contributed by atoms with van der Waals surface area (Å²) >= 11 is 0.